The summed E-state index contributed by atoms with van der Waals surface area (Å²) in [6.07, 6.45) is 3.17. The fourth-order valence-electron chi connectivity index (χ4n) is 3.70. The number of hydrogen-bond donors (Lipinski definition) is 2. The molecule has 2 N–H and O–H groups in total. The summed E-state index contributed by atoms with van der Waals surface area (Å²) >= 11 is 0. The highest BCUT2D eigenvalue weighted by atomic mass is 16.5. The fourth-order valence-corrected chi connectivity index (χ4v) is 3.70. The van der Waals surface area contributed by atoms with Gasteiger partial charge in [-0.2, -0.15) is 0 Å². The maximum atomic E-state index is 9.65. The van der Waals surface area contributed by atoms with Gasteiger partial charge in [0.1, 0.15) is 11.5 Å². The molecule has 0 amide bonds. The summed E-state index contributed by atoms with van der Waals surface area (Å²) in [6, 6.07) is 14.2. The van der Waals surface area contributed by atoms with Gasteiger partial charge in [-0.1, -0.05) is 31.5 Å². The lowest BCUT2D eigenvalue weighted by atomic mass is 10.1. The summed E-state index contributed by atoms with van der Waals surface area (Å²) < 4.78 is 6.12. The number of rotatable bonds is 4. The minimum atomic E-state index is -0.0853. The predicted molar refractivity (Wildman–Crippen MR) is 92.3 cm³/mol. The Morgan fingerprint density at radius 3 is 3.04 bits per heavy atom. The van der Waals surface area contributed by atoms with Crippen molar-refractivity contribution in [2.45, 2.75) is 38.5 Å². The van der Waals surface area contributed by atoms with E-state index in [1.54, 1.807) is 12.1 Å². The summed E-state index contributed by atoms with van der Waals surface area (Å²) in [7, 11) is 0. The highest BCUT2D eigenvalue weighted by Crippen LogP contribution is 2.39. The van der Waals surface area contributed by atoms with E-state index in [0.29, 0.717) is 0 Å². The molecule has 0 bridgehead atoms. The molecule has 120 valence electrons. The van der Waals surface area contributed by atoms with Crippen LogP contribution in [-0.4, -0.2) is 23.9 Å². The van der Waals surface area contributed by atoms with Crippen LogP contribution < -0.4 is 15.0 Å². The lowest BCUT2D eigenvalue weighted by Crippen LogP contribution is -2.47. The molecule has 0 radical (unpaired) electrons. The van der Waals surface area contributed by atoms with Crippen LogP contribution in [0.15, 0.2) is 42.5 Å². The van der Waals surface area contributed by atoms with Crippen LogP contribution in [0.3, 0.4) is 0 Å². The Morgan fingerprint density at radius 1 is 1.30 bits per heavy atom. The molecule has 2 aromatic rings. The first-order chi connectivity index (χ1) is 11.3. The average Bonchev–Trinajstić information content (AvgIpc) is 3.16. The molecule has 2 unspecified atom stereocenters. The minimum Gasteiger partial charge on any atom is -0.508 e. The van der Waals surface area contributed by atoms with Gasteiger partial charge in [0.05, 0.1) is 11.7 Å². The van der Waals surface area contributed by atoms with E-state index in [-0.39, 0.29) is 18.0 Å². The van der Waals surface area contributed by atoms with Gasteiger partial charge in [0.15, 0.2) is 6.23 Å². The van der Waals surface area contributed by atoms with E-state index in [1.165, 1.54) is 11.3 Å². The molecule has 4 nitrogen and oxygen atoms in total. The van der Waals surface area contributed by atoms with Crippen LogP contribution >= 0.6 is 0 Å². The van der Waals surface area contributed by atoms with Crippen molar-refractivity contribution < 1.29 is 9.84 Å². The number of nitrogens with zero attached hydrogens (tertiary/aromatic N) is 1. The second-order valence-electron chi connectivity index (χ2n) is 6.29. The highest BCUT2D eigenvalue weighted by molar-refractivity contribution is 5.64. The van der Waals surface area contributed by atoms with Crippen molar-refractivity contribution in [1.29, 1.82) is 0 Å². The number of anilines is 2. The summed E-state index contributed by atoms with van der Waals surface area (Å²) in [5, 5.41) is 13.1. The first kappa shape index (κ1) is 14.2. The topological polar surface area (TPSA) is 44.7 Å². The van der Waals surface area contributed by atoms with Crippen LogP contribution in [-0.2, 0) is 6.42 Å². The average molecular weight is 310 g/mol. The molecule has 2 aliphatic rings. The molecule has 2 aromatic carbocycles. The van der Waals surface area contributed by atoms with Gasteiger partial charge in [0.2, 0.25) is 0 Å². The molecule has 4 rings (SSSR count). The third-order valence-corrected chi connectivity index (χ3v) is 4.77. The summed E-state index contributed by atoms with van der Waals surface area (Å²) in [5.41, 5.74) is 3.71. The predicted octanol–water partition coefficient (Wildman–Crippen LogP) is 3.75. The van der Waals surface area contributed by atoms with E-state index in [2.05, 4.69) is 41.4 Å². The molecule has 0 saturated carbocycles. The van der Waals surface area contributed by atoms with Crippen LogP contribution in [0.1, 0.15) is 25.3 Å². The number of fused-ring (bicyclic) bond motifs is 2. The standard InChI is InChI=1S/C19H22N2O2/c1-2-5-17(21-11-10-13-6-3-4-7-16(13)21)19-20-15-9-8-14(22)12-18(15)23-19/h3-4,6-9,12,17,19-20,22H,2,5,10-11H2,1H3. The maximum absolute atomic E-state index is 9.65. The number of phenols is 1. The van der Waals surface area contributed by atoms with Gasteiger partial charge in [-0.15, -0.1) is 0 Å². The van der Waals surface area contributed by atoms with Gasteiger partial charge in [-0.3, -0.25) is 0 Å². The smallest absolute Gasteiger partial charge is 0.190 e. The van der Waals surface area contributed by atoms with Crippen LogP contribution in [0.5, 0.6) is 11.5 Å². The normalized spacial score (nSPS) is 19.7. The van der Waals surface area contributed by atoms with Crippen molar-refractivity contribution in [1.82, 2.24) is 0 Å². The van der Waals surface area contributed by atoms with E-state index in [0.717, 1.165) is 37.2 Å². The number of ether oxygens (including phenoxy) is 1. The Kier molecular flexibility index (Phi) is 3.52. The molecular weight excluding hydrogens is 288 g/mol. The summed E-state index contributed by atoms with van der Waals surface area (Å²) in [4.78, 5) is 2.47. The number of hydrogen-bond acceptors (Lipinski definition) is 4. The molecule has 0 aliphatic carbocycles. The van der Waals surface area contributed by atoms with Crippen molar-refractivity contribution in [3.05, 3.63) is 48.0 Å². The molecular formula is C19H22N2O2. The van der Waals surface area contributed by atoms with Gasteiger partial charge in [0, 0.05) is 18.3 Å². The Hall–Kier alpha value is -2.36. The quantitative estimate of drug-likeness (QED) is 0.844. The molecule has 0 spiro atoms. The van der Waals surface area contributed by atoms with Crippen LogP contribution in [0, 0.1) is 0 Å². The number of phenolic OH excluding ortho intramolecular Hbond substituents is 1. The molecule has 2 atom stereocenters. The van der Waals surface area contributed by atoms with Gasteiger partial charge >= 0.3 is 0 Å². The van der Waals surface area contributed by atoms with Crippen LogP contribution in [0.2, 0.25) is 0 Å². The highest BCUT2D eigenvalue weighted by Gasteiger charge is 2.36. The van der Waals surface area contributed by atoms with E-state index in [9.17, 15) is 5.11 Å². The number of para-hydroxylation sites is 1. The number of nitrogens with one attached hydrogen (secondary N) is 1. The van der Waals surface area contributed by atoms with E-state index < -0.39 is 0 Å². The first-order valence-corrected chi connectivity index (χ1v) is 8.37. The van der Waals surface area contributed by atoms with Crippen molar-refractivity contribution in [2.75, 3.05) is 16.8 Å². The molecule has 0 aromatic heterocycles. The Balaban J connectivity index is 1.61. The Morgan fingerprint density at radius 2 is 2.17 bits per heavy atom. The van der Waals surface area contributed by atoms with E-state index in [4.69, 9.17) is 4.74 Å². The zero-order valence-corrected chi connectivity index (χ0v) is 13.3. The third-order valence-electron chi connectivity index (χ3n) is 4.77. The summed E-state index contributed by atoms with van der Waals surface area (Å²) in [6.45, 7) is 3.25. The van der Waals surface area contributed by atoms with Crippen molar-refractivity contribution in [2.24, 2.45) is 0 Å². The van der Waals surface area contributed by atoms with E-state index >= 15 is 0 Å². The lowest BCUT2D eigenvalue weighted by Gasteiger charge is -2.34. The molecule has 0 fully saturated rings. The van der Waals surface area contributed by atoms with Crippen LogP contribution in [0.4, 0.5) is 11.4 Å². The SMILES string of the molecule is CCCC(C1Nc2ccc(O)cc2O1)N1CCc2ccccc21. The minimum absolute atomic E-state index is 0.0853. The van der Waals surface area contributed by atoms with Crippen molar-refractivity contribution >= 4 is 11.4 Å². The van der Waals surface area contributed by atoms with Crippen molar-refractivity contribution in [3.8, 4) is 11.5 Å². The molecule has 4 heteroatoms. The first-order valence-electron chi connectivity index (χ1n) is 8.37. The zero-order valence-electron chi connectivity index (χ0n) is 13.3. The van der Waals surface area contributed by atoms with E-state index in [1.807, 2.05) is 6.07 Å². The second kappa shape index (κ2) is 5.69. The maximum Gasteiger partial charge on any atom is 0.190 e. The summed E-state index contributed by atoms with van der Waals surface area (Å²) in [5.74, 6) is 0.980. The molecule has 0 saturated heterocycles. The van der Waals surface area contributed by atoms with Gasteiger partial charge in [-0.25, -0.2) is 0 Å². The number of aromatic hydroxyl groups is 1. The monoisotopic (exact) mass is 310 g/mol. The molecule has 2 heterocycles. The molecule has 23 heavy (non-hydrogen) atoms. The van der Waals surface area contributed by atoms with Gasteiger partial charge in [0.25, 0.3) is 0 Å². The van der Waals surface area contributed by atoms with Crippen LogP contribution in [0.25, 0.3) is 0 Å². The lowest BCUT2D eigenvalue weighted by molar-refractivity contribution is 0.206. The Bertz CT molecular complexity index is 716. The zero-order chi connectivity index (χ0) is 15.8. The van der Waals surface area contributed by atoms with Crippen molar-refractivity contribution in [3.63, 3.8) is 0 Å². The Labute approximate surface area is 136 Å². The van der Waals surface area contributed by atoms with Gasteiger partial charge < -0.3 is 20.1 Å². The molecule has 2 aliphatic heterocycles. The fraction of sp³-hybridized carbons (Fsp3) is 0.368. The second-order valence-corrected chi connectivity index (χ2v) is 6.29. The third kappa shape index (κ3) is 2.48. The number of benzene rings is 2. The van der Waals surface area contributed by atoms with Gasteiger partial charge in [-0.05, 0) is 36.6 Å². The largest absolute Gasteiger partial charge is 0.508 e.